The third-order valence-electron chi connectivity index (χ3n) is 6.76. The van der Waals surface area contributed by atoms with E-state index in [9.17, 15) is 0 Å². The zero-order valence-corrected chi connectivity index (χ0v) is 18.8. The molecular weight excluding hydrogens is 376 g/mol. The Balaban J connectivity index is 1.46. The Morgan fingerprint density at radius 1 is 1.17 bits per heavy atom. The molecule has 2 aliphatic heterocycles. The van der Waals surface area contributed by atoms with Crippen molar-refractivity contribution in [3.05, 3.63) is 35.2 Å². The minimum Gasteiger partial charge on any atom is -0.376 e. The van der Waals surface area contributed by atoms with Gasteiger partial charge in [0, 0.05) is 38.5 Å². The lowest BCUT2D eigenvalue weighted by Crippen LogP contribution is -2.48. The monoisotopic (exact) mass is 412 g/mol. The van der Waals surface area contributed by atoms with E-state index in [0.29, 0.717) is 0 Å². The van der Waals surface area contributed by atoms with Crippen LogP contribution in [0.3, 0.4) is 0 Å². The van der Waals surface area contributed by atoms with Crippen LogP contribution in [0.2, 0.25) is 0 Å². The number of ether oxygens (including phenoxy) is 1. The lowest BCUT2D eigenvalue weighted by Gasteiger charge is -2.40. The summed E-state index contributed by atoms with van der Waals surface area (Å²) in [5.74, 6) is 1.01. The summed E-state index contributed by atoms with van der Waals surface area (Å²) in [4.78, 5) is 5.13. The van der Waals surface area contributed by atoms with Crippen LogP contribution in [-0.4, -0.2) is 64.0 Å². The predicted octanol–water partition coefficient (Wildman–Crippen LogP) is 3.52. The second-order valence-electron chi connectivity index (χ2n) is 8.75. The zero-order chi connectivity index (χ0) is 20.9. The maximum atomic E-state index is 5.83. The molecule has 7 heteroatoms. The second-order valence-corrected chi connectivity index (χ2v) is 8.75. The lowest BCUT2D eigenvalue weighted by molar-refractivity contribution is 0.0890. The zero-order valence-electron chi connectivity index (χ0n) is 18.8. The first-order chi connectivity index (χ1) is 14.7. The average Bonchev–Trinajstić information content (AvgIpc) is 3.44. The summed E-state index contributed by atoms with van der Waals surface area (Å²) in [6, 6.07) is 6.91. The van der Waals surface area contributed by atoms with Crippen molar-refractivity contribution < 1.29 is 4.74 Å². The minimum atomic E-state index is 0.250. The van der Waals surface area contributed by atoms with Gasteiger partial charge in [-0.15, -0.1) is 5.10 Å². The van der Waals surface area contributed by atoms with Gasteiger partial charge in [0.2, 0.25) is 0 Å². The lowest BCUT2D eigenvalue weighted by atomic mass is 10.0. The van der Waals surface area contributed by atoms with E-state index in [-0.39, 0.29) is 12.1 Å². The Kier molecular flexibility index (Phi) is 7.00. The highest BCUT2D eigenvalue weighted by atomic mass is 16.5. The number of tetrazole rings is 1. The summed E-state index contributed by atoms with van der Waals surface area (Å²) in [7, 11) is 0. The maximum Gasteiger partial charge on any atom is 0.168 e. The molecule has 7 nitrogen and oxygen atoms in total. The highest BCUT2D eigenvalue weighted by molar-refractivity contribution is 5.56. The molecule has 0 saturated carbocycles. The molecule has 1 aromatic heterocycles. The summed E-state index contributed by atoms with van der Waals surface area (Å²) in [5.41, 5.74) is 4.14. The van der Waals surface area contributed by atoms with Crippen LogP contribution in [0.5, 0.6) is 0 Å². The van der Waals surface area contributed by atoms with E-state index < -0.39 is 0 Å². The van der Waals surface area contributed by atoms with Gasteiger partial charge >= 0.3 is 0 Å². The van der Waals surface area contributed by atoms with Crippen molar-refractivity contribution in [2.75, 3.05) is 37.7 Å². The van der Waals surface area contributed by atoms with Crippen LogP contribution in [0, 0.1) is 13.8 Å². The highest BCUT2D eigenvalue weighted by Gasteiger charge is 2.30. The molecule has 0 bridgehead atoms. The molecule has 0 aliphatic carbocycles. The number of anilines is 1. The number of aromatic nitrogens is 4. The molecule has 1 aromatic carbocycles. The summed E-state index contributed by atoms with van der Waals surface area (Å²) in [5, 5.41) is 12.8. The Hall–Kier alpha value is -1.99. The molecule has 0 N–H and O–H groups in total. The molecule has 2 aliphatic rings. The van der Waals surface area contributed by atoms with Gasteiger partial charge < -0.3 is 9.64 Å². The van der Waals surface area contributed by atoms with E-state index in [0.717, 1.165) is 64.4 Å². The van der Waals surface area contributed by atoms with Gasteiger partial charge in [0.15, 0.2) is 5.82 Å². The van der Waals surface area contributed by atoms with Crippen molar-refractivity contribution in [1.82, 2.24) is 25.1 Å². The van der Waals surface area contributed by atoms with Crippen LogP contribution >= 0.6 is 0 Å². The molecule has 0 unspecified atom stereocenters. The first-order valence-electron chi connectivity index (χ1n) is 11.6. The second kappa shape index (κ2) is 9.88. The molecule has 2 saturated heterocycles. The summed E-state index contributed by atoms with van der Waals surface area (Å²) < 4.78 is 7.84. The Morgan fingerprint density at radius 3 is 2.73 bits per heavy atom. The molecule has 2 fully saturated rings. The topological polar surface area (TPSA) is 59.3 Å². The fourth-order valence-corrected chi connectivity index (χ4v) is 4.79. The molecule has 4 rings (SSSR count). The van der Waals surface area contributed by atoms with Gasteiger partial charge in [-0.1, -0.05) is 31.9 Å². The Labute approximate surface area is 180 Å². The summed E-state index contributed by atoms with van der Waals surface area (Å²) >= 11 is 0. The van der Waals surface area contributed by atoms with Crippen LogP contribution in [0.1, 0.15) is 62.0 Å². The smallest absolute Gasteiger partial charge is 0.168 e. The predicted molar refractivity (Wildman–Crippen MR) is 119 cm³/mol. The van der Waals surface area contributed by atoms with Crippen molar-refractivity contribution in [3.8, 4) is 0 Å². The number of piperazine rings is 1. The Morgan fingerprint density at radius 2 is 2.00 bits per heavy atom. The summed E-state index contributed by atoms with van der Waals surface area (Å²) in [6.45, 7) is 12.5. The molecule has 164 valence electrons. The van der Waals surface area contributed by atoms with Crippen LogP contribution < -0.4 is 4.90 Å². The number of hydrogen-bond donors (Lipinski definition) is 0. The van der Waals surface area contributed by atoms with E-state index in [4.69, 9.17) is 4.74 Å². The quantitative estimate of drug-likeness (QED) is 0.661. The number of hydrogen-bond acceptors (Lipinski definition) is 6. The molecule has 0 amide bonds. The number of unbranched alkanes of at least 4 members (excludes halogenated alkanes) is 1. The maximum absolute atomic E-state index is 5.83. The Bertz CT molecular complexity index is 808. The molecule has 30 heavy (non-hydrogen) atoms. The van der Waals surface area contributed by atoms with Crippen LogP contribution in [-0.2, 0) is 11.3 Å². The average molecular weight is 413 g/mol. The van der Waals surface area contributed by atoms with Crippen LogP contribution in [0.15, 0.2) is 18.2 Å². The number of aryl methyl sites for hydroxylation is 1. The molecule has 3 heterocycles. The van der Waals surface area contributed by atoms with Gasteiger partial charge in [0.25, 0.3) is 0 Å². The first kappa shape index (κ1) is 21.2. The number of rotatable bonds is 8. The van der Waals surface area contributed by atoms with Gasteiger partial charge in [0.05, 0.1) is 18.7 Å². The van der Waals surface area contributed by atoms with Gasteiger partial charge in [-0.3, -0.25) is 4.90 Å². The third-order valence-corrected chi connectivity index (χ3v) is 6.76. The van der Waals surface area contributed by atoms with Crippen molar-refractivity contribution in [2.24, 2.45) is 0 Å². The largest absolute Gasteiger partial charge is 0.376 e. The molecule has 0 spiro atoms. The van der Waals surface area contributed by atoms with Gasteiger partial charge in [-0.05, 0) is 60.7 Å². The molecular formula is C23H36N6O. The van der Waals surface area contributed by atoms with Gasteiger partial charge in [0.1, 0.15) is 0 Å². The molecule has 0 radical (unpaired) electrons. The normalized spacial score (nSPS) is 21.3. The third kappa shape index (κ3) is 4.67. The van der Waals surface area contributed by atoms with Crippen molar-refractivity contribution in [1.29, 1.82) is 0 Å². The van der Waals surface area contributed by atoms with Gasteiger partial charge in [-0.25, -0.2) is 4.68 Å². The number of nitrogens with zero attached hydrogens (tertiary/aromatic N) is 6. The van der Waals surface area contributed by atoms with E-state index in [1.807, 2.05) is 4.68 Å². The SMILES string of the molecule is CCCC[C@H](c1nnnn1C[C@H]1CCCO1)N1CCN(c2cccc(C)c2C)CC1. The fraction of sp³-hybridized carbons (Fsp3) is 0.696. The molecule has 2 aromatic rings. The number of benzene rings is 1. The van der Waals surface area contributed by atoms with Crippen molar-refractivity contribution >= 4 is 5.69 Å². The van der Waals surface area contributed by atoms with Gasteiger partial charge in [-0.2, -0.15) is 0 Å². The van der Waals surface area contributed by atoms with Crippen LogP contribution in [0.25, 0.3) is 0 Å². The van der Waals surface area contributed by atoms with Crippen LogP contribution in [0.4, 0.5) is 5.69 Å². The van der Waals surface area contributed by atoms with E-state index in [1.54, 1.807) is 0 Å². The summed E-state index contributed by atoms with van der Waals surface area (Å²) in [6.07, 6.45) is 5.97. The standard InChI is InChI=1S/C23H36N6O/c1-4-5-10-22(23-24-25-26-29(23)17-20-9-7-16-30-20)28-14-12-27(13-15-28)21-11-6-8-18(2)19(21)3/h6,8,11,20,22H,4-5,7,9-10,12-17H2,1-3H3/t20-,22-/m1/s1. The van der Waals surface area contributed by atoms with E-state index in [1.165, 1.54) is 29.7 Å². The van der Waals surface area contributed by atoms with Crippen molar-refractivity contribution in [2.45, 2.75) is 71.6 Å². The first-order valence-corrected chi connectivity index (χ1v) is 11.6. The minimum absolute atomic E-state index is 0.250. The van der Waals surface area contributed by atoms with E-state index in [2.05, 4.69) is 64.3 Å². The fourth-order valence-electron chi connectivity index (χ4n) is 4.79. The highest BCUT2D eigenvalue weighted by Crippen LogP contribution is 2.29. The molecule has 2 atom stereocenters. The van der Waals surface area contributed by atoms with E-state index >= 15 is 0 Å². The van der Waals surface area contributed by atoms with Crippen molar-refractivity contribution in [3.63, 3.8) is 0 Å².